The third-order valence-corrected chi connectivity index (χ3v) is 5.17. The number of hydrogen-bond donors (Lipinski definition) is 0. The molecular weight excluding hydrogens is 428 g/mol. The van der Waals surface area contributed by atoms with Crippen LogP contribution >= 0.6 is 0 Å². The Hall–Kier alpha value is -4.98. The summed E-state index contributed by atoms with van der Waals surface area (Å²) in [4.78, 5) is 9.02. The molecule has 0 amide bonds. The van der Waals surface area contributed by atoms with Crippen LogP contribution in [0, 0.1) is 0 Å². The van der Waals surface area contributed by atoms with Crippen LogP contribution in [0.1, 0.15) is 0 Å². The topological polar surface area (TPSA) is 104 Å². The fourth-order valence-electron chi connectivity index (χ4n) is 3.42. The Balaban J connectivity index is 1.20. The highest BCUT2D eigenvalue weighted by molar-refractivity contribution is 5.63. The van der Waals surface area contributed by atoms with E-state index in [4.69, 9.17) is 8.83 Å². The summed E-state index contributed by atoms with van der Waals surface area (Å²) in [7, 11) is 0. The minimum absolute atomic E-state index is 0.409. The zero-order chi connectivity index (χ0) is 22.7. The van der Waals surface area contributed by atoms with Gasteiger partial charge in [0.2, 0.25) is 23.6 Å². The second-order valence-electron chi connectivity index (χ2n) is 7.42. The van der Waals surface area contributed by atoms with Crippen molar-refractivity contribution in [2.75, 3.05) is 0 Å². The van der Waals surface area contributed by atoms with Gasteiger partial charge in [0.25, 0.3) is 0 Å². The van der Waals surface area contributed by atoms with E-state index in [0.717, 1.165) is 22.3 Å². The molecule has 0 N–H and O–H groups in total. The first kappa shape index (κ1) is 19.7. The lowest BCUT2D eigenvalue weighted by Crippen LogP contribution is -1.89. The van der Waals surface area contributed by atoms with Gasteiger partial charge in [-0.05, 0) is 48.5 Å². The highest BCUT2D eigenvalue weighted by Gasteiger charge is 2.13. The number of nitrogens with zero attached hydrogens (tertiary/aromatic N) is 6. The molecule has 162 valence electrons. The molecule has 0 radical (unpaired) electrons. The second kappa shape index (κ2) is 8.51. The number of aromatic nitrogens is 6. The first-order valence-corrected chi connectivity index (χ1v) is 10.5. The van der Waals surface area contributed by atoms with E-state index in [0.29, 0.717) is 35.0 Å². The summed E-state index contributed by atoms with van der Waals surface area (Å²) in [5.41, 5.74) is 4.63. The van der Waals surface area contributed by atoms with Crippen LogP contribution in [-0.2, 0) is 0 Å². The lowest BCUT2D eigenvalue weighted by atomic mass is 10.2. The Morgan fingerprint density at radius 3 is 1.12 bits per heavy atom. The van der Waals surface area contributed by atoms with Crippen LogP contribution in [0.4, 0.5) is 0 Å². The Kier molecular flexibility index (Phi) is 4.93. The molecule has 6 aromatic rings. The van der Waals surface area contributed by atoms with Crippen LogP contribution in [-0.4, -0.2) is 30.4 Å². The van der Waals surface area contributed by atoms with E-state index in [1.807, 2.05) is 84.9 Å². The Morgan fingerprint density at radius 2 is 0.765 bits per heavy atom. The molecule has 0 aliphatic carbocycles. The van der Waals surface area contributed by atoms with Crippen molar-refractivity contribution in [2.24, 2.45) is 0 Å². The standard InChI is InChI=1S/C26H16N6O2/c1-3-7-17(8-4-1)23-29-31-25(33-23)19-11-13-21(27-15-19)22-14-12-20(16-28-22)26-32-30-24(34-26)18-9-5-2-6-10-18/h1-16H. The third-order valence-electron chi connectivity index (χ3n) is 5.17. The van der Waals surface area contributed by atoms with E-state index in [9.17, 15) is 0 Å². The molecule has 0 bridgehead atoms. The molecule has 0 aliphatic heterocycles. The van der Waals surface area contributed by atoms with E-state index in [1.54, 1.807) is 12.4 Å². The highest BCUT2D eigenvalue weighted by atomic mass is 16.4. The van der Waals surface area contributed by atoms with Crippen molar-refractivity contribution in [1.29, 1.82) is 0 Å². The predicted octanol–water partition coefficient (Wildman–Crippen LogP) is 5.58. The minimum Gasteiger partial charge on any atom is -0.416 e. The van der Waals surface area contributed by atoms with Crippen molar-refractivity contribution in [3.63, 3.8) is 0 Å². The molecule has 0 saturated carbocycles. The molecule has 0 atom stereocenters. The molecule has 0 unspecified atom stereocenters. The van der Waals surface area contributed by atoms with Gasteiger partial charge in [0, 0.05) is 23.5 Å². The molecule has 4 aromatic heterocycles. The van der Waals surface area contributed by atoms with Gasteiger partial charge >= 0.3 is 0 Å². The zero-order valence-corrected chi connectivity index (χ0v) is 17.7. The minimum atomic E-state index is 0.409. The van der Waals surface area contributed by atoms with Crippen molar-refractivity contribution in [3.05, 3.63) is 97.3 Å². The number of pyridine rings is 2. The Bertz CT molecular complexity index is 1410. The normalized spacial score (nSPS) is 10.9. The van der Waals surface area contributed by atoms with Crippen LogP contribution in [0.25, 0.3) is 57.2 Å². The molecule has 8 heteroatoms. The van der Waals surface area contributed by atoms with Gasteiger partial charge in [-0.25, -0.2) is 0 Å². The van der Waals surface area contributed by atoms with Gasteiger partial charge in [0.05, 0.1) is 22.5 Å². The first-order chi connectivity index (χ1) is 16.8. The lowest BCUT2D eigenvalue weighted by molar-refractivity contribution is 0.584. The van der Waals surface area contributed by atoms with Crippen molar-refractivity contribution >= 4 is 0 Å². The average Bonchev–Trinajstić information content (AvgIpc) is 3.61. The highest BCUT2D eigenvalue weighted by Crippen LogP contribution is 2.27. The largest absolute Gasteiger partial charge is 0.416 e. The average molecular weight is 444 g/mol. The van der Waals surface area contributed by atoms with Gasteiger partial charge in [-0.15, -0.1) is 20.4 Å². The number of hydrogen-bond acceptors (Lipinski definition) is 8. The maximum atomic E-state index is 5.80. The van der Waals surface area contributed by atoms with Gasteiger partial charge in [-0.2, -0.15) is 0 Å². The fraction of sp³-hybridized carbons (Fsp3) is 0. The summed E-state index contributed by atoms with van der Waals surface area (Å²) >= 11 is 0. The summed E-state index contributed by atoms with van der Waals surface area (Å²) in [6, 6.07) is 26.8. The van der Waals surface area contributed by atoms with Gasteiger partial charge in [-0.1, -0.05) is 36.4 Å². The molecule has 8 nitrogen and oxygen atoms in total. The van der Waals surface area contributed by atoms with Gasteiger partial charge in [0.15, 0.2) is 0 Å². The van der Waals surface area contributed by atoms with E-state index >= 15 is 0 Å². The van der Waals surface area contributed by atoms with Gasteiger partial charge < -0.3 is 8.83 Å². The third kappa shape index (κ3) is 3.84. The fourth-order valence-corrected chi connectivity index (χ4v) is 3.42. The smallest absolute Gasteiger partial charge is 0.249 e. The van der Waals surface area contributed by atoms with E-state index in [1.165, 1.54) is 0 Å². The van der Waals surface area contributed by atoms with Crippen LogP contribution < -0.4 is 0 Å². The molecule has 34 heavy (non-hydrogen) atoms. The Morgan fingerprint density at radius 1 is 0.382 bits per heavy atom. The van der Waals surface area contributed by atoms with E-state index in [2.05, 4.69) is 30.4 Å². The SMILES string of the molecule is c1ccc(-c2nnc(-c3ccc(-c4ccc(-c5nnc(-c6ccccc6)o5)cn4)nc3)o2)cc1. The number of benzene rings is 2. The maximum Gasteiger partial charge on any atom is 0.249 e. The Labute approximate surface area is 194 Å². The summed E-state index contributed by atoms with van der Waals surface area (Å²) in [5.74, 6) is 1.75. The molecule has 6 rings (SSSR count). The monoisotopic (exact) mass is 444 g/mol. The van der Waals surface area contributed by atoms with Crippen LogP contribution in [0.3, 0.4) is 0 Å². The number of rotatable bonds is 5. The molecule has 0 aliphatic rings. The molecule has 2 aromatic carbocycles. The molecule has 0 saturated heterocycles. The summed E-state index contributed by atoms with van der Waals surface area (Å²) in [5, 5.41) is 16.5. The van der Waals surface area contributed by atoms with Crippen molar-refractivity contribution in [3.8, 4) is 57.2 Å². The van der Waals surface area contributed by atoms with Crippen LogP contribution in [0.15, 0.2) is 106 Å². The molecular formula is C26H16N6O2. The molecule has 4 heterocycles. The lowest BCUT2D eigenvalue weighted by Gasteiger charge is -2.02. The van der Waals surface area contributed by atoms with Crippen molar-refractivity contribution < 1.29 is 8.83 Å². The molecule has 0 fully saturated rings. The van der Waals surface area contributed by atoms with Crippen molar-refractivity contribution in [2.45, 2.75) is 0 Å². The predicted molar refractivity (Wildman–Crippen MR) is 125 cm³/mol. The van der Waals surface area contributed by atoms with Crippen molar-refractivity contribution in [1.82, 2.24) is 30.4 Å². The summed E-state index contributed by atoms with van der Waals surface area (Å²) in [6.07, 6.45) is 3.38. The maximum absolute atomic E-state index is 5.80. The van der Waals surface area contributed by atoms with Crippen LogP contribution in [0.5, 0.6) is 0 Å². The van der Waals surface area contributed by atoms with Crippen LogP contribution in [0.2, 0.25) is 0 Å². The summed E-state index contributed by atoms with van der Waals surface area (Å²) < 4.78 is 11.6. The zero-order valence-electron chi connectivity index (χ0n) is 17.7. The molecule has 0 spiro atoms. The first-order valence-electron chi connectivity index (χ1n) is 10.5. The van der Waals surface area contributed by atoms with Gasteiger partial charge in [0.1, 0.15) is 0 Å². The quantitative estimate of drug-likeness (QED) is 0.340. The van der Waals surface area contributed by atoms with E-state index in [-0.39, 0.29) is 0 Å². The van der Waals surface area contributed by atoms with E-state index < -0.39 is 0 Å². The second-order valence-corrected chi connectivity index (χ2v) is 7.42. The van der Waals surface area contributed by atoms with Gasteiger partial charge in [-0.3, -0.25) is 9.97 Å². The summed E-state index contributed by atoms with van der Waals surface area (Å²) in [6.45, 7) is 0.